The van der Waals surface area contributed by atoms with Gasteiger partial charge in [-0.3, -0.25) is 4.90 Å². The van der Waals surface area contributed by atoms with E-state index < -0.39 is 0 Å². The molecule has 23 heavy (non-hydrogen) atoms. The van der Waals surface area contributed by atoms with E-state index in [0.29, 0.717) is 11.7 Å². The summed E-state index contributed by atoms with van der Waals surface area (Å²) in [7, 11) is 0. The number of thiophene rings is 1. The quantitative estimate of drug-likeness (QED) is 0.784. The van der Waals surface area contributed by atoms with Gasteiger partial charge < -0.3 is 5.11 Å². The van der Waals surface area contributed by atoms with Gasteiger partial charge in [-0.25, -0.2) is 4.98 Å². The number of nitrogens with zero attached hydrogens (tertiary/aromatic N) is 4. The SMILES string of the molecule is Cc1nc2sc([C@@H](c3cccs3)N3CCC[C@@H](C)C3)c(O)n2n1. The maximum atomic E-state index is 10.7. The Labute approximate surface area is 143 Å². The van der Waals surface area contributed by atoms with Crippen molar-refractivity contribution < 1.29 is 5.11 Å². The van der Waals surface area contributed by atoms with Crippen molar-refractivity contribution in [2.45, 2.75) is 32.7 Å². The molecule has 0 aliphatic carbocycles. The van der Waals surface area contributed by atoms with Gasteiger partial charge in [0.25, 0.3) is 0 Å². The molecule has 1 saturated heterocycles. The molecular weight excluding hydrogens is 328 g/mol. The highest BCUT2D eigenvalue weighted by molar-refractivity contribution is 7.17. The van der Waals surface area contributed by atoms with Gasteiger partial charge in [0.1, 0.15) is 5.82 Å². The van der Waals surface area contributed by atoms with Crippen LogP contribution in [0.25, 0.3) is 4.96 Å². The molecule has 0 bridgehead atoms. The third kappa shape index (κ3) is 2.66. The fraction of sp³-hybridized carbons (Fsp3) is 0.500. The van der Waals surface area contributed by atoms with E-state index in [2.05, 4.69) is 39.4 Å². The number of hydrogen-bond donors (Lipinski definition) is 1. The molecule has 0 radical (unpaired) electrons. The van der Waals surface area contributed by atoms with E-state index in [1.54, 1.807) is 27.2 Å². The summed E-state index contributed by atoms with van der Waals surface area (Å²) in [6.45, 7) is 6.29. The van der Waals surface area contributed by atoms with Crippen LogP contribution in [0.4, 0.5) is 0 Å². The second kappa shape index (κ2) is 5.89. The Balaban J connectivity index is 1.80. The third-order valence-corrected chi connectivity index (χ3v) is 6.42. The van der Waals surface area contributed by atoms with Crippen LogP contribution in [0.3, 0.4) is 0 Å². The molecule has 0 spiro atoms. The van der Waals surface area contributed by atoms with Crippen molar-refractivity contribution in [2.75, 3.05) is 13.1 Å². The summed E-state index contributed by atoms with van der Waals surface area (Å²) < 4.78 is 1.57. The number of fused-ring (bicyclic) bond motifs is 1. The summed E-state index contributed by atoms with van der Waals surface area (Å²) in [6.07, 6.45) is 2.50. The van der Waals surface area contributed by atoms with Crippen molar-refractivity contribution in [2.24, 2.45) is 5.92 Å². The van der Waals surface area contributed by atoms with Gasteiger partial charge in [-0.05, 0) is 43.7 Å². The smallest absolute Gasteiger partial charge is 0.230 e. The number of hydrogen-bond acceptors (Lipinski definition) is 6. The highest BCUT2D eigenvalue weighted by Gasteiger charge is 2.32. The molecular formula is C16H20N4OS2. The zero-order valence-electron chi connectivity index (χ0n) is 13.3. The van der Waals surface area contributed by atoms with Crippen molar-refractivity contribution in [1.82, 2.24) is 19.5 Å². The van der Waals surface area contributed by atoms with Crippen LogP contribution in [0.1, 0.15) is 41.4 Å². The van der Waals surface area contributed by atoms with Crippen LogP contribution in [0.15, 0.2) is 17.5 Å². The van der Waals surface area contributed by atoms with Gasteiger partial charge in [0.2, 0.25) is 10.8 Å². The summed E-state index contributed by atoms with van der Waals surface area (Å²) >= 11 is 3.30. The summed E-state index contributed by atoms with van der Waals surface area (Å²) in [5.74, 6) is 1.62. The van der Waals surface area contributed by atoms with Gasteiger partial charge >= 0.3 is 0 Å². The van der Waals surface area contributed by atoms with Gasteiger partial charge in [0.05, 0.1) is 10.9 Å². The summed E-state index contributed by atoms with van der Waals surface area (Å²) in [5.41, 5.74) is 0. The van der Waals surface area contributed by atoms with E-state index in [-0.39, 0.29) is 11.9 Å². The van der Waals surface area contributed by atoms with E-state index in [4.69, 9.17) is 0 Å². The highest BCUT2D eigenvalue weighted by Crippen LogP contribution is 2.42. The molecule has 4 heterocycles. The van der Waals surface area contributed by atoms with Gasteiger partial charge in [-0.15, -0.1) is 16.4 Å². The fourth-order valence-electron chi connectivity index (χ4n) is 3.41. The lowest BCUT2D eigenvalue weighted by molar-refractivity contribution is 0.150. The third-order valence-electron chi connectivity index (χ3n) is 4.42. The number of rotatable bonds is 3. The standard InChI is InChI=1S/C16H20N4OS2/c1-10-5-3-7-19(9-10)13(12-6-4-8-22-12)14-15(21)20-16(23-14)17-11(2)18-20/h4,6,8,10,13,21H,3,5,7,9H2,1-2H3/t10-,13-/m1/s1. The minimum absolute atomic E-state index is 0.103. The normalized spacial score (nSPS) is 21.0. The first kappa shape index (κ1) is 15.1. The molecule has 0 saturated carbocycles. The Morgan fingerprint density at radius 2 is 2.30 bits per heavy atom. The van der Waals surface area contributed by atoms with Crippen LogP contribution in [-0.2, 0) is 0 Å². The van der Waals surface area contributed by atoms with Crippen molar-refractivity contribution in [3.05, 3.63) is 33.1 Å². The van der Waals surface area contributed by atoms with Crippen molar-refractivity contribution in [1.29, 1.82) is 0 Å². The van der Waals surface area contributed by atoms with E-state index in [1.807, 2.05) is 6.92 Å². The minimum Gasteiger partial charge on any atom is -0.492 e. The number of thiazole rings is 1. The van der Waals surface area contributed by atoms with E-state index in [0.717, 1.165) is 22.9 Å². The lowest BCUT2D eigenvalue weighted by atomic mass is 9.98. The lowest BCUT2D eigenvalue weighted by Crippen LogP contribution is -2.37. The Kier molecular flexibility index (Phi) is 3.87. The number of aromatic hydroxyl groups is 1. The number of aryl methyl sites for hydroxylation is 1. The largest absolute Gasteiger partial charge is 0.492 e. The molecule has 122 valence electrons. The Morgan fingerprint density at radius 1 is 1.43 bits per heavy atom. The zero-order chi connectivity index (χ0) is 16.0. The number of likely N-dealkylation sites (tertiary alicyclic amines) is 1. The number of piperidine rings is 1. The topological polar surface area (TPSA) is 53.7 Å². The van der Waals surface area contributed by atoms with Crippen molar-refractivity contribution in [3.63, 3.8) is 0 Å². The van der Waals surface area contributed by atoms with Gasteiger partial charge in [0, 0.05) is 11.4 Å². The molecule has 1 aliphatic heterocycles. The molecule has 3 aromatic rings. The lowest BCUT2D eigenvalue weighted by Gasteiger charge is -2.36. The second-order valence-corrected chi connectivity index (χ2v) is 8.29. The predicted molar refractivity (Wildman–Crippen MR) is 93.4 cm³/mol. The Hall–Kier alpha value is -1.44. The summed E-state index contributed by atoms with van der Waals surface area (Å²) in [6, 6.07) is 4.35. The van der Waals surface area contributed by atoms with Crippen LogP contribution in [0.5, 0.6) is 5.88 Å². The second-order valence-electron chi connectivity index (χ2n) is 6.30. The molecule has 5 nitrogen and oxygen atoms in total. The van der Waals surface area contributed by atoms with Crippen LogP contribution in [-0.4, -0.2) is 37.7 Å². The first-order chi connectivity index (χ1) is 11.1. The molecule has 1 fully saturated rings. The molecule has 4 rings (SSSR count). The average Bonchev–Trinajstić information content (AvgIpc) is 3.21. The maximum absolute atomic E-state index is 10.7. The van der Waals surface area contributed by atoms with Crippen molar-refractivity contribution >= 4 is 27.6 Å². The van der Waals surface area contributed by atoms with Gasteiger partial charge in [0.15, 0.2) is 0 Å². The predicted octanol–water partition coefficient (Wildman–Crippen LogP) is 3.69. The molecule has 0 unspecified atom stereocenters. The Bertz CT molecular complexity index is 808. The minimum atomic E-state index is 0.103. The first-order valence-electron chi connectivity index (χ1n) is 7.96. The zero-order valence-corrected chi connectivity index (χ0v) is 14.9. The number of aromatic nitrogens is 3. The molecule has 3 aromatic heterocycles. The van der Waals surface area contributed by atoms with Crippen molar-refractivity contribution in [3.8, 4) is 5.88 Å². The van der Waals surface area contributed by atoms with Crippen LogP contribution >= 0.6 is 22.7 Å². The average molecular weight is 348 g/mol. The van der Waals surface area contributed by atoms with Crippen LogP contribution < -0.4 is 0 Å². The summed E-state index contributed by atoms with van der Waals surface area (Å²) in [5, 5.41) is 17.1. The molecule has 0 aromatic carbocycles. The maximum Gasteiger partial charge on any atom is 0.230 e. The monoisotopic (exact) mass is 348 g/mol. The molecule has 7 heteroatoms. The molecule has 1 N–H and O–H groups in total. The van der Waals surface area contributed by atoms with Crippen LogP contribution in [0, 0.1) is 12.8 Å². The highest BCUT2D eigenvalue weighted by atomic mass is 32.1. The van der Waals surface area contributed by atoms with E-state index in [9.17, 15) is 5.11 Å². The molecule has 2 atom stereocenters. The van der Waals surface area contributed by atoms with Gasteiger partial charge in [-0.1, -0.05) is 24.3 Å². The Morgan fingerprint density at radius 3 is 3.00 bits per heavy atom. The first-order valence-corrected chi connectivity index (χ1v) is 9.65. The van der Waals surface area contributed by atoms with Crippen LogP contribution in [0.2, 0.25) is 0 Å². The van der Waals surface area contributed by atoms with E-state index in [1.165, 1.54) is 17.7 Å². The molecule has 0 amide bonds. The molecule has 1 aliphatic rings. The summed E-state index contributed by atoms with van der Waals surface area (Å²) in [4.78, 5) is 9.91. The van der Waals surface area contributed by atoms with E-state index >= 15 is 0 Å². The van der Waals surface area contributed by atoms with Gasteiger partial charge in [-0.2, -0.15) is 4.52 Å². The fourth-order valence-corrected chi connectivity index (χ4v) is 5.50.